The number of likely N-dealkylation sites (tertiary alicyclic amines) is 1. The third-order valence-corrected chi connectivity index (χ3v) is 10.1. The van der Waals surface area contributed by atoms with Crippen molar-refractivity contribution in [1.82, 2.24) is 20.2 Å². The number of aromatic hydroxyl groups is 1. The number of hydrogen-bond donors (Lipinski definition) is 3. The zero-order chi connectivity index (χ0) is 31.7. The molecule has 3 saturated heterocycles. The van der Waals surface area contributed by atoms with Gasteiger partial charge in [0, 0.05) is 72.1 Å². The number of hydrogen-bond acceptors (Lipinski definition) is 8. The minimum absolute atomic E-state index is 0.0222. The van der Waals surface area contributed by atoms with E-state index in [1.807, 2.05) is 9.80 Å². The molecule has 1 saturated carbocycles. The van der Waals surface area contributed by atoms with Crippen LogP contribution in [-0.4, -0.2) is 88.8 Å². The van der Waals surface area contributed by atoms with E-state index in [-0.39, 0.29) is 71.0 Å². The molecule has 4 aliphatic rings. The highest BCUT2D eigenvalue weighted by Gasteiger charge is 2.47. The van der Waals surface area contributed by atoms with Gasteiger partial charge in [0.15, 0.2) is 5.82 Å². The first kappa shape index (κ1) is 29.3. The summed E-state index contributed by atoms with van der Waals surface area (Å²) in [7, 11) is 0. The van der Waals surface area contributed by atoms with E-state index >= 15 is 8.78 Å². The van der Waals surface area contributed by atoms with Crippen LogP contribution in [0.1, 0.15) is 31.2 Å². The van der Waals surface area contributed by atoms with E-state index in [9.17, 15) is 14.6 Å². The zero-order valence-electron chi connectivity index (χ0n) is 25.1. The molecule has 238 valence electrons. The van der Waals surface area contributed by atoms with Crippen LogP contribution in [0.2, 0.25) is 0 Å². The fourth-order valence-corrected chi connectivity index (χ4v) is 7.58. The van der Waals surface area contributed by atoms with Crippen molar-refractivity contribution in [2.75, 3.05) is 44.2 Å². The van der Waals surface area contributed by atoms with Gasteiger partial charge in [-0.05, 0) is 55.3 Å². The zero-order valence-corrected chi connectivity index (χ0v) is 25.1. The highest BCUT2D eigenvalue weighted by atomic mass is 19.1. The van der Waals surface area contributed by atoms with Crippen molar-refractivity contribution in [2.45, 2.75) is 50.0 Å². The van der Waals surface area contributed by atoms with Gasteiger partial charge in [-0.25, -0.2) is 13.2 Å². The van der Waals surface area contributed by atoms with Crippen LogP contribution in [0.5, 0.6) is 11.8 Å². The van der Waals surface area contributed by atoms with Gasteiger partial charge in [-0.3, -0.25) is 4.90 Å². The van der Waals surface area contributed by atoms with E-state index < -0.39 is 23.9 Å². The number of phenolic OH excluding ortho intramolecular Hbond substituents is 1. The number of piperazine rings is 1. The summed E-state index contributed by atoms with van der Waals surface area (Å²) in [4.78, 5) is 13.2. The Bertz CT molecular complexity index is 1890. The molecule has 2 bridgehead atoms. The smallest absolute Gasteiger partial charge is 0.319 e. The molecule has 8 rings (SSSR count). The third kappa shape index (κ3) is 5.09. The van der Waals surface area contributed by atoms with Crippen LogP contribution in [0.3, 0.4) is 0 Å². The number of fused-ring (bicyclic) bond motifs is 4. The van der Waals surface area contributed by atoms with Crippen molar-refractivity contribution >= 4 is 27.5 Å². The SMILES string of the molecule is C#Cc1cccc2cc(O)cc(-c3c(F)cc4c(N5CC6CCC(C5)N6)nc(OCC5(CN6C[C@@H](O)[C@H](F)C6)CC5)nc4c3F)c12. The molecule has 1 aliphatic carbocycles. The van der Waals surface area contributed by atoms with Crippen molar-refractivity contribution in [3.8, 4) is 35.2 Å². The maximum Gasteiger partial charge on any atom is 0.319 e. The summed E-state index contributed by atoms with van der Waals surface area (Å²) < 4.78 is 53.2. The number of alkyl halides is 1. The first-order chi connectivity index (χ1) is 22.2. The van der Waals surface area contributed by atoms with E-state index in [1.54, 1.807) is 18.2 Å². The normalized spacial score (nSPS) is 25.3. The van der Waals surface area contributed by atoms with Gasteiger partial charge in [-0.1, -0.05) is 18.1 Å². The Morgan fingerprint density at radius 2 is 1.85 bits per heavy atom. The van der Waals surface area contributed by atoms with Gasteiger partial charge in [-0.2, -0.15) is 9.97 Å². The number of rotatable bonds is 7. The molecule has 4 aromatic rings. The first-order valence-electron chi connectivity index (χ1n) is 15.8. The van der Waals surface area contributed by atoms with Gasteiger partial charge < -0.3 is 25.2 Å². The quantitative estimate of drug-likeness (QED) is 0.257. The Balaban J connectivity index is 1.22. The van der Waals surface area contributed by atoms with Crippen LogP contribution >= 0.6 is 0 Å². The second kappa shape index (κ2) is 11.0. The monoisotopic (exact) mass is 629 g/mol. The van der Waals surface area contributed by atoms with Gasteiger partial charge in [0.1, 0.15) is 29.1 Å². The molecule has 4 atom stereocenters. The van der Waals surface area contributed by atoms with Gasteiger partial charge >= 0.3 is 6.01 Å². The Morgan fingerprint density at radius 3 is 2.54 bits per heavy atom. The van der Waals surface area contributed by atoms with Crippen molar-refractivity contribution in [3.05, 3.63) is 53.6 Å². The highest BCUT2D eigenvalue weighted by Crippen LogP contribution is 2.47. The topological polar surface area (TPSA) is 94.0 Å². The van der Waals surface area contributed by atoms with Gasteiger partial charge in [0.2, 0.25) is 0 Å². The van der Waals surface area contributed by atoms with E-state index in [0.29, 0.717) is 41.8 Å². The summed E-state index contributed by atoms with van der Waals surface area (Å²) in [5.74, 6) is 1.12. The lowest BCUT2D eigenvalue weighted by Crippen LogP contribution is -2.51. The number of halogens is 3. The summed E-state index contributed by atoms with van der Waals surface area (Å²) in [5, 5.41) is 25.2. The molecule has 0 spiro atoms. The van der Waals surface area contributed by atoms with Crippen LogP contribution in [-0.2, 0) is 0 Å². The molecule has 3 aliphatic heterocycles. The molecule has 11 heteroatoms. The fourth-order valence-electron chi connectivity index (χ4n) is 7.58. The van der Waals surface area contributed by atoms with Crippen molar-refractivity contribution in [1.29, 1.82) is 0 Å². The average Bonchev–Trinajstić information content (AvgIpc) is 3.61. The molecule has 4 heterocycles. The Morgan fingerprint density at radius 1 is 1.07 bits per heavy atom. The molecular weight excluding hydrogens is 595 g/mol. The predicted octanol–water partition coefficient (Wildman–Crippen LogP) is 4.53. The summed E-state index contributed by atoms with van der Waals surface area (Å²) in [6.45, 7) is 2.51. The average molecular weight is 630 g/mol. The number of phenols is 1. The van der Waals surface area contributed by atoms with Gasteiger partial charge in [-0.15, -0.1) is 6.42 Å². The van der Waals surface area contributed by atoms with Crippen LogP contribution in [0.15, 0.2) is 36.4 Å². The van der Waals surface area contributed by atoms with Crippen molar-refractivity contribution < 1.29 is 28.1 Å². The largest absolute Gasteiger partial charge is 0.508 e. The van der Waals surface area contributed by atoms with Crippen molar-refractivity contribution in [2.24, 2.45) is 5.41 Å². The third-order valence-electron chi connectivity index (χ3n) is 10.1. The molecule has 4 fully saturated rings. The van der Waals surface area contributed by atoms with Crippen LogP contribution in [0.25, 0.3) is 32.8 Å². The molecule has 1 aromatic heterocycles. The number of nitrogens with one attached hydrogen (secondary N) is 1. The molecule has 46 heavy (non-hydrogen) atoms. The van der Waals surface area contributed by atoms with E-state index in [0.717, 1.165) is 25.7 Å². The lowest BCUT2D eigenvalue weighted by Gasteiger charge is -2.34. The first-order valence-corrected chi connectivity index (χ1v) is 15.8. The van der Waals surface area contributed by atoms with E-state index in [2.05, 4.69) is 16.2 Å². The minimum Gasteiger partial charge on any atom is -0.508 e. The number of benzene rings is 3. The number of aliphatic hydroxyl groups is 1. The van der Waals surface area contributed by atoms with Crippen LogP contribution < -0.4 is 15.0 Å². The Hall–Kier alpha value is -4.11. The highest BCUT2D eigenvalue weighted by molar-refractivity contribution is 6.04. The number of aliphatic hydroxyl groups excluding tert-OH is 1. The molecule has 3 N–H and O–H groups in total. The van der Waals surface area contributed by atoms with E-state index in [1.165, 1.54) is 18.2 Å². The lowest BCUT2D eigenvalue weighted by molar-refractivity contribution is 0.113. The number of anilines is 1. The Labute approximate surface area is 264 Å². The predicted molar refractivity (Wildman–Crippen MR) is 169 cm³/mol. The van der Waals surface area contributed by atoms with Crippen molar-refractivity contribution in [3.63, 3.8) is 0 Å². The maximum absolute atomic E-state index is 16.8. The number of ether oxygens (including phenoxy) is 1. The second-order valence-electron chi connectivity index (χ2n) is 13.4. The van der Waals surface area contributed by atoms with Gasteiger partial charge in [0.25, 0.3) is 0 Å². The molecule has 0 amide bonds. The number of nitrogens with zero attached hydrogens (tertiary/aromatic N) is 4. The maximum atomic E-state index is 16.8. The molecule has 8 nitrogen and oxygen atoms in total. The lowest BCUT2D eigenvalue weighted by atomic mass is 9.93. The Kier molecular flexibility index (Phi) is 7.01. The molecule has 2 unspecified atom stereocenters. The van der Waals surface area contributed by atoms with Crippen LogP contribution in [0.4, 0.5) is 19.0 Å². The number of β-amino-alcohol motifs (C(OH)–C–C–N with tert-alkyl or cyclic N) is 1. The summed E-state index contributed by atoms with van der Waals surface area (Å²) in [6.07, 6.45) is 7.27. The minimum atomic E-state index is -1.27. The summed E-state index contributed by atoms with van der Waals surface area (Å²) >= 11 is 0. The summed E-state index contributed by atoms with van der Waals surface area (Å²) in [5.41, 5.74) is -0.118. The summed E-state index contributed by atoms with van der Waals surface area (Å²) in [6, 6.07) is 9.70. The number of aromatic nitrogens is 2. The fraction of sp³-hybridized carbons (Fsp3) is 0.429. The van der Waals surface area contributed by atoms with Gasteiger partial charge in [0.05, 0.1) is 18.3 Å². The van der Waals surface area contributed by atoms with Crippen LogP contribution in [0, 0.1) is 29.4 Å². The number of terminal acetylenes is 1. The standard InChI is InChI=1S/C35H34F3N5O3/c1-2-19-4-3-5-20-10-23(44)11-24(29(19)20)30-26(36)12-25-32(31(30)38)40-34(41-33(25)43-13-21-6-7-22(14-43)39-21)46-18-35(8-9-35)17-42-15-27(37)28(45)16-42/h1,3-5,10-12,21-22,27-28,39,44-45H,6-9,13-18H2/t21?,22?,27-,28-/m1/s1. The molecule has 3 aromatic carbocycles. The van der Waals surface area contributed by atoms with E-state index in [4.69, 9.17) is 16.1 Å². The molecule has 0 radical (unpaired) electrons. The second-order valence-corrected chi connectivity index (χ2v) is 13.4. The molecular formula is C35H34F3N5O3.